The van der Waals surface area contributed by atoms with Crippen LogP contribution in [0.4, 0.5) is 0 Å². The van der Waals surface area contributed by atoms with Gasteiger partial charge in [0.2, 0.25) is 0 Å². The predicted molar refractivity (Wildman–Crippen MR) is 72.2 cm³/mol. The largest absolute Gasteiger partial charge is 0.314 e. The molecule has 0 aromatic heterocycles. The number of hydrogen-bond acceptors (Lipinski definition) is 2. The van der Waals surface area contributed by atoms with E-state index in [1.165, 1.54) is 64.5 Å². The summed E-state index contributed by atoms with van der Waals surface area (Å²) in [4.78, 5) is 2.91. The fraction of sp³-hybridized carbons (Fsp3) is 1.00. The summed E-state index contributed by atoms with van der Waals surface area (Å²) < 4.78 is 0. The summed E-state index contributed by atoms with van der Waals surface area (Å²) in [5, 5.41) is 3.59. The molecule has 0 radical (unpaired) electrons. The van der Waals surface area contributed by atoms with E-state index in [9.17, 15) is 0 Å². The number of piperidine rings is 1. The van der Waals surface area contributed by atoms with Gasteiger partial charge in [0.1, 0.15) is 0 Å². The molecule has 1 N–H and O–H groups in total. The van der Waals surface area contributed by atoms with Gasteiger partial charge in [0, 0.05) is 18.1 Å². The Morgan fingerprint density at radius 2 is 1.82 bits per heavy atom. The Morgan fingerprint density at radius 3 is 2.59 bits per heavy atom. The maximum atomic E-state index is 3.59. The van der Waals surface area contributed by atoms with Crippen molar-refractivity contribution >= 4 is 0 Å². The number of nitrogens with zero attached hydrogens (tertiary/aromatic N) is 1. The van der Waals surface area contributed by atoms with Gasteiger partial charge in [-0.1, -0.05) is 12.8 Å². The van der Waals surface area contributed by atoms with E-state index >= 15 is 0 Å². The highest BCUT2D eigenvalue weighted by Crippen LogP contribution is 2.37. The minimum Gasteiger partial charge on any atom is -0.314 e. The molecular formula is C15H28N2. The number of hydrogen-bond donors (Lipinski definition) is 1. The third-order valence-corrected chi connectivity index (χ3v) is 5.35. The van der Waals surface area contributed by atoms with Crippen molar-refractivity contribution < 1.29 is 0 Å². The van der Waals surface area contributed by atoms with Crippen LogP contribution in [0.2, 0.25) is 0 Å². The van der Waals surface area contributed by atoms with Crippen LogP contribution < -0.4 is 5.32 Å². The SMILES string of the molecule is CC1CC(N2CCCC2C2CCCC2)CCN1. The van der Waals surface area contributed by atoms with Crippen molar-refractivity contribution in [2.45, 2.75) is 76.4 Å². The van der Waals surface area contributed by atoms with Gasteiger partial charge < -0.3 is 5.32 Å². The van der Waals surface area contributed by atoms with Crippen LogP contribution >= 0.6 is 0 Å². The molecule has 2 aliphatic heterocycles. The van der Waals surface area contributed by atoms with Gasteiger partial charge in [-0.25, -0.2) is 0 Å². The van der Waals surface area contributed by atoms with E-state index in [1.807, 2.05) is 0 Å². The molecule has 98 valence electrons. The Morgan fingerprint density at radius 1 is 1.00 bits per heavy atom. The minimum atomic E-state index is 0.735. The Bertz CT molecular complexity index is 247. The minimum absolute atomic E-state index is 0.735. The van der Waals surface area contributed by atoms with Crippen LogP contribution in [0.25, 0.3) is 0 Å². The molecule has 3 atom stereocenters. The Hall–Kier alpha value is -0.0800. The third kappa shape index (κ3) is 2.53. The van der Waals surface area contributed by atoms with E-state index in [1.54, 1.807) is 0 Å². The summed E-state index contributed by atoms with van der Waals surface area (Å²) in [6, 6.07) is 2.57. The maximum Gasteiger partial charge on any atom is 0.0127 e. The van der Waals surface area contributed by atoms with Crippen LogP contribution in [0, 0.1) is 5.92 Å². The fourth-order valence-electron chi connectivity index (χ4n) is 4.52. The Balaban J connectivity index is 1.64. The van der Waals surface area contributed by atoms with Gasteiger partial charge >= 0.3 is 0 Å². The second-order valence-electron chi connectivity index (χ2n) is 6.53. The molecule has 3 unspecified atom stereocenters. The third-order valence-electron chi connectivity index (χ3n) is 5.35. The molecule has 17 heavy (non-hydrogen) atoms. The number of likely N-dealkylation sites (tertiary alicyclic amines) is 1. The lowest BCUT2D eigenvalue weighted by Crippen LogP contribution is -2.49. The van der Waals surface area contributed by atoms with E-state index in [-0.39, 0.29) is 0 Å². The molecule has 3 aliphatic rings. The summed E-state index contributed by atoms with van der Waals surface area (Å²) in [5.41, 5.74) is 0. The summed E-state index contributed by atoms with van der Waals surface area (Å²) in [5.74, 6) is 1.04. The highest BCUT2D eigenvalue weighted by molar-refractivity contribution is 4.93. The molecule has 0 spiro atoms. The zero-order chi connectivity index (χ0) is 11.7. The van der Waals surface area contributed by atoms with E-state index in [0.29, 0.717) is 0 Å². The monoisotopic (exact) mass is 236 g/mol. The Kier molecular flexibility index (Phi) is 3.72. The fourth-order valence-corrected chi connectivity index (χ4v) is 4.52. The van der Waals surface area contributed by atoms with Crippen LogP contribution in [-0.2, 0) is 0 Å². The molecule has 1 saturated carbocycles. The second-order valence-corrected chi connectivity index (χ2v) is 6.53. The van der Waals surface area contributed by atoms with Crippen molar-refractivity contribution in [2.75, 3.05) is 13.1 Å². The predicted octanol–water partition coefficient (Wildman–Crippen LogP) is 2.78. The first-order valence-corrected chi connectivity index (χ1v) is 7.84. The zero-order valence-electron chi connectivity index (χ0n) is 11.3. The standard InChI is InChI=1S/C15H28N2/c1-12-11-14(8-9-16-12)17-10-4-7-15(17)13-5-2-3-6-13/h12-16H,2-11H2,1H3. The molecular weight excluding hydrogens is 208 g/mol. The van der Waals surface area contributed by atoms with E-state index in [2.05, 4.69) is 17.1 Å². The number of rotatable bonds is 2. The highest BCUT2D eigenvalue weighted by Gasteiger charge is 2.37. The number of nitrogens with one attached hydrogen (secondary N) is 1. The quantitative estimate of drug-likeness (QED) is 0.793. The molecule has 2 heteroatoms. The molecule has 2 heterocycles. The summed E-state index contributed by atoms with van der Waals surface area (Å²) in [7, 11) is 0. The smallest absolute Gasteiger partial charge is 0.0127 e. The van der Waals surface area contributed by atoms with E-state index in [0.717, 1.165) is 24.0 Å². The van der Waals surface area contributed by atoms with Gasteiger partial charge in [0.25, 0.3) is 0 Å². The lowest BCUT2D eigenvalue weighted by molar-refractivity contribution is 0.102. The van der Waals surface area contributed by atoms with Gasteiger partial charge in [-0.2, -0.15) is 0 Å². The van der Waals surface area contributed by atoms with Crippen LogP contribution in [0.3, 0.4) is 0 Å². The highest BCUT2D eigenvalue weighted by atomic mass is 15.2. The maximum absolute atomic E-state index is 3.59. The molecule has 0 aromatic rings. The van der Waals surface area contributed by atoms with Crippen molar-refractivity contribution in [3.8, 4) is 0 Å². The topological polar surface area (TPSA) is 15.3 Å². The van der Waals surface area contributed by atoms with Crippen LogP contribution in [0.5, 0.6) is 0 Å². The van der Waals surface area contributed by atoms with E-state index < -0.39 is 0 Å². The van der Waals surface area contributed by atoms with Gasteiger partial charge in [-0.15, -0.1) is 0 Å². The van der Waals surface area contributed by atoms with E-state index in [4.69, 9.17) is 0 Å². The zero-order valence-corrected chi connectivity index (χ0v) is 11.3. The van der Waals surface area contributed by atoms with Crippen LogP contribution in [0.1, 0.15) is 58.3 Å². The molecule has 0 amide bonds. The van der Waals surface area contributed by atoms with Gasteiger partial charge in [-0.3, -0.25) is 4.90 Å². The van der Waals surface area contributed by atoms with Gasteiger partial charge in [-0.05, 0) is 64.5 Å². The normalized spacial score (nSPS) is 41.1. The molecule has 0 aromatic carbocycles. The van der Waals surface area contributed by atoms with Crippen LogP contribution in [0.15, 0.2) is 0 Å². The summed E-state index contributed by atoms with van der Waals surface area (Å²) in [6.45, 7) is 4.98. The average molecular weight is 236 g/mol. The van der Waals surface area contributed by atoms with Crippen LogP contribution in [-0.4, -0.2) is 36.1 Å². The lowest BCUT2D eigenvalue weighted by atomic mass is 9.92. The van der Waals surface area contributed by atoms with Crippen molar-refractivity contribution in [1.82, 2.24) is 10.2 Å². The van der Waals surface area contributed by atoms with Gasteiger partial charge in [0.15, 0.2) is 0 Å². The first kappa shape index (κ1) is 12.0. The van der Waals surface area contributed by atoms with Gasteiger partial charge in [0.05, 0.1) is 0 Å². The van der Waals surface area contributed by atoms with Crippen molar-refractivity contribution in [3.05, 3.63) is 0 Å². The summed E-state index contributed by atoms with van der Waals surface area (Å²) >= 11 is 0. The molecule has 3 rings (SSSR count). The molecule has 1 aliphatic carbocycles. The van der Waals surface area contributed by atoms with Crippen molar-refractivity contribution in [3.63, 3.8) is 0 Å². The molecule has 2 nitrogen and oxygen atoms in total. The molecule has 3 fully saturated rings. The molecule has 0 bridgehead atoms. The first-order valence-electron chi connectivity index (χ1n) is 7.84. The van der Waals surface area contributed by atoms with Crippen molar-refractivity contribution in [2.24, 2.45) is 5.92 Å². The summed E-state index contributed by atoms with van der Waals surface area (Å²) in [6.07, 6.45) is 11.7. The molecule has 2 saturated heterocycles. The first-order chi connectivity index (χ1) is 8.34. The average Bonchev–Trinajstić information content (AvgIpc) is 3.00. The Labute approximate surface area is 106 Å². The van der Waals surface area contributed by atoms with Crippen molar-refractivity contribution in [1.29, 1.82) is 0 Å². The second kappa shape index (κ2) is 5.27. The lowest BCUT2D eigenvalue weighted by Gasteiger charge is -2.40.